The lowest BCUT2D eigenvalue weighted by Gasteiger charge is -2.21. The molecule has 6 nitrogen and oxygen atoms in total. The normalized spacial score (nSPS) is 12.9. The zero-order chi connectivity index (χ0) is 21.7. The highest BCUT2D eigenvalue weighted by molar-refractivity contribution is 6.30. The van der Waals surface area contributed by atoms with Gasteiger partial charge in [-0.3, -0.25) is 9.59 Å². The second-order valence-corrected chi connectivity index (χ2v) is 7.74. The molecule has 2 aromatic carbocycles. The number of amides is 2. The van der Waals surface area contributed by atoms with Gasteiger partial charge in [0.25, 0.3) is 0 Å². The molecule has 0 saturated carbocycles. The van der Waals surface area contributed by atoms with Gasteiger partial charge in [0.05, 0.1) is 17.8 Å². The van der Waals surface area contributed by atoms with Gasteiger partial charge >= 0.3 is 0 Å². The summed E-state index contributed by atoms with van der Waals surface area (Å²) in [6.45, 7) is 3.84. The van der Waals surface area contributed by atoms with Crippen LogP contribution in [0.4, 0.5) is 0 Å². The van der Waals surface area contributed by atoms with Crippen LogP contribution in [0.15, 0.2) is 60.8 Å². The molecular formula is C23H25ClN4O2. The number of benzene rings is 2. The van der Waals surface area contributed by atoms with Crippen LogP contribution in [0.1, 0.15) is 25.8 Å². The van der Waals surface area contributed by atoms with E-state index in [4.69, 9.17) is 22.4 Å². The first-order valence-corrected chi connectivity index (χ1v) is 10.3. The summed E-state index contributed by atoms with van der Waals surface area (Å²) in [4.78, 5) is 24.5. The van der Waals surface area contributed by atoms with Gasteiger partial charge in [0.15, 0.2) is 0 Å². The number of para-hydroxylation sites is 1. The summed E-state index contributed by atoms with van der Waals surface area (Å²) in [5, 5.41) is 8.11. The summed E-state index contributed by atoms with van der Waals surface area (Å²) >= 11 is 6.02. The van der Waals surface area contributed by atoms with Crippen LogP contribution in [0.3, 0.4) is 0 Å². The van der Waals surface area contributed by atoms with Crippen LogP contribution in [-0.2, 0) is 16.0 Å². The average molecular weight is 425 g/mol. The Morgan fingerprint density at radius 1 is 1.13 bits per heavy atom. The zero-order valence-electron chi connectivity index (χ0n) is 17.0. The highest BCUT2D eigenvalue weighted by Crippen LogP contribution is 2.26. The number of carbonyl (C=O) groups excluding carboxylic acids is 2. The van der Waals surface area contributed by atoms with Crippen LogP contribution < -0.4 is 11.1 Å². The zero-order valence-corrected chi connectivity index (χ0v) is 17.8. The van der Waals surface area contributed by atoms with Crippen LogP contribution >= 0.6 is 11.6 Å². The quantitative estimate of drug-likeness (QED) is 0.577. The minimum absolute atomic E-state index is 0.0470. The van der Waals surface area contributed by atoms with Gasteiger partial charge in [-0.05, 0) is 30.2 Å². The summed E-state index contributed by atoms with van der Waals surface area (Å²) in [6, 6.07) is 16.3. The fourth-order valence-electron chi connectivity index (χ4n) is 3.23. The van der Waals surface area contributed by atoms with Crippen molar-refractivity contribution in [1.29, 1.82) is 0 Å². The number of rotatable bonds is 8. The third kappa shape index (κ3) is 5.07. The average Bonchev–Trinajstić information content (AvgIpc) is 3.16. The molecule has 30 heavy (non-hydrogen) atoms. The lowest BCUT2D eigenvalue weighted by molar-refractivity contribution is -0.128. The van der Waals surface area contributed by atoms with Gasteiger partial charge in [-0.2, -0.15) is 5.10 Å². The van der Waals surface area contributed by atoms with E-state index >= 15 is 0 Å². The van der Waals surface area contributed by atoms with Gasteiger partial charge in [-0.25, -0.2) is 4.68 Å². The number of hydrogen-bond donors (Lipinski definition) is 2. The maximum Gasteiger partial charge on any atom is 0.240 e. The number of aromatic nitrogens is 2. The molecule has 2 atom stereocenters. The van der Waals surface area contributed by atoms with Gasteiger partial charge in [0.1, 0.15) is 6.04 Å². The van der Waals surface area contributed by atoms with Crippen molar-refractivity contribution in [2.24, 2.45) is 11.7 Å². The van der Waals surface area contributed by atoms with E-state index in [0.29, 0.717) is 10.7 Å². The molecule has 0 saturated heterocycles. The summed E-state index contributed by atoms with van der Waals surface area (Å²) in [6.07, 6.45) is 2.64. The van der Waals surface area contributed by atoms with Crippen LogP contribution in [-0.4, -0.2) is 27.6 Å². The van der Waals surface area contributed by atoms with E-state index in [1.807, 2.05) is 62.5 Å². The first-order chi connectivity index (χ1) is 14.4. The molecule has 2 unspecified atom stereocenters. The van der Waals surface area contributed by atoms with Gasteiger partial charge < -0.3 is 11.1 Å². The Morgan fingerprint density at radius 2 is 1.80 bits per heavy atom. The number of halogens is 1. The molecule has 1 heterocycles. The minimum Gasteiger partial charge on any atom is -0.368 e. The maximum absolute atomic E-state index is 12.8. The van der Waals surface area contributed by atoms with E-state index in [1.54, 1.807) is 16.8 Å². The predicted octanol–water partition coefficient (Wildman–Crippen LogP) is 3.75. The third-order valence-corrected chi connectivity index (χ3v) is 5.37. The molecule has 0 radical (unpaired) electrons. The number of primary amides is 1. The number of carbonyl (C=O) groups is 2. The smallest absolute Gasteiger partial charge is 0.240 e. The number of nitrogens with one attached hydrogen (secondary N) is 1. The molecule has 0 aliphatic heterocycles. The van der Waals surface area contributed by atoms with Crippen molar-refractivity contribution in [1.82, 2.24) is 15.1 Å². The predicted molar refractivity (Wildman–Crippen MR) is 118 cm³/mol. The summed E-state index contributed by atoms with van der Waals surface area (Å²) in [5.41, 5.74) is 8.65. The Balaban J connectivity index is 1.92. The van der Waals surface area contributed by atoms with E-state index in [9.17, 15) is 9.59 Å². The largest absolute Gasteiger partial charge is 0.368 e. The molecule has 1 aromatic heterocycles. The van der Waals surface area contributed by atoms with Crippen molar-refractivity contribution in [3.8, 4) is 16.9 Å². The second-order valence-electron chi connectivity index (χ2n) is 7.30. The molecule has 3 aromatic rings. The van der Waals surface area contributed by atoms with Gasteiger partial charge in [0, 0.05) is 22.3 Å². The second kappa shape index (κ2) is 9.59. The van der Waals surface area contributed by atoms with Crippen molar-refractivity contribution in [3.05, 3.63) is 71.4 Å². The number of hydrogen-bond acceptors (Lipinski definition) is 3. The molecule has 2 amide bonds. The van der Waals surface area contributed by atoms with Crippen molar-refractivity contribution in [3.63, 3.8) is 0 Å². The fourth-order valence-corrected chi connectivity index (χ4v) is 3.36. The van der Waals surface area contributed by atoms with E-state index in [-0.39, 0.29) is 18.2 Å². The first kappa shape index (κ1) is 21.6. The Bertz CT molecular complexity index is 1020. The highest BCUT2D eigenvalue weighted by atomic mass is 35.5. The van der Waals surface area contributed by atoms with Gasteiger partial charge in [-0.15, -0.1) is 0 Å². The van der Waals surface area contributed by atoms with E-state index < -0.39 is 11.9 Å². The molecule has 0 bridgehead atoms. The number of nitrogens with two attached hydrogens (primary N) is 1. The van der Waals surface area contributed by atoms with Crippen molar-refractivity contribution >= 4 is 23.4 Å². The summed E-state index contributed by atoms with van der Waals surface area (Å²) < 4.78 is 1.74. The minimum atomic E-state index is -0.703. The Labute approximate surface area is 181 Å². The molecule has 0 spiro atoms. The Morgan fingerprint density at radius 3 is 2.40 bits per heavy atom. The standard InChI is InChI=1S/C23H25ClN4O2/c1-3-15(2)21(23(25)30)26-20(29)13-17-14-28(19-7-5-4-6-8-19)27-22(17)16-9-11-18(24)12-10-16/h4-12,14-15,21H,3,13H2,1-2H3,(H2,25,30)(H,26,29). The first-order valence-electron chi connectivity index (χ1n) is 9.87. The third-order valence-electron chi connectivity index (χ3n) is 5.12. The summed E-state index contributed by atoms with van der Waals surface area (Å²) in [5.74, 6) is -0.855. The van der Waals surface area contributed by atoms with E-state index in [1.165, 1.54) is 0 Å². The maximum atomic E-state index is 12.8. The van der Waals surface area contributed by atoms with Crippen LogP contribution in [0.2, 0.25) is 5.02 Å². The van der Waals surface area contributed by atoms with Crippen molar-refractivity contribution in [2.45, 2.75) is 32.7 Å². The van der Waals surface area contributed by atoms with E-state index in [0.717, 1.165) is 23.2 Å². The monoisotopic (exact) mass is 424 g/mol. The van der Waals surface area contributed by atoms with Crippen molar-refractivity contribution in [2.75, 3.05) is 0 Å². The van der Waals surface area contributed by atoms with Crippen molar-refractivity contribution < 1.29 is 9.59 Å². The number of nitrogens with zero attached hydrogens (tertiary/aromatic N) is 2. The SMILES string of the molecule is CCC(C)C(NC(=O)Cc1cn(-c2ccccc2)nc1-c1ccc(Cl)cc1)C(N)=O. The molecule has 0 fully saturated rings. The molecule has 3 N–H and O–H groups in total. The lowest BCUT2D eigenvalue weighted by Crippen LogP contribution is -2.48. The molecule has 156 valence electrons. The lowest BCUT2D eigenvalue weighted by atomic mass is 9.98. The van der Waals surface area contributed by atoms with Gasteiger partial charge in [-0.1, -0.05) is 62.2 Å². The summed E-state index contributed by atoms with van der Waals surface area (Å²) in [7, 11) is 0. The Hall–Kier alpha value is -3.12. The topological polar surface area (TPSA) is 90.0 Å². The van der Waals surface area contributed by atoms with E-state index in [2.05, 4.69) is 5.32 Å². The molecular weight excluding hydrogens is 400 g/mol. The molecule has 7 heteroatoms. The van der Waals surface area contributed by atoms with Crippen LogP contribution in [0, 0.1) is 5.92 Å². The van der Waals surface area contributed by atoms with Crippen LogP contribution in [0.5, 0.6) is 0 Å². The molecule has 3 rings (SSSR count). The van der Waals surface area contributed by atoms with Crippen LogP contribution in [0.25, 0.3) is 16.9 Å². The highest BCUT2D eigenvalue weighted by Gasteiger charge is 2.24. The fraction of sp³-hybridized carbons (Fsp3) is 0.261. The molecule has 0 aliphatic rings. The van der Waals surface area contributed by atoms with Gasteiger partial charge in [0.2, 0.25) is 11.8 Å². The Kier molecular flexibility index (Phi) is 6.90. The molecule has 0 aliphatic carbocycles.